The lowest BCUT2D eigenvalue weighted by molar-refractivity contribution is -0.137. The van der Waals surface area contributed by atoms with Crippen LogP contribution in [0.15, 0.2) is 30.2 Å². The van der Waals surface area contributed by atoms with Crippen LogP contribution in [0.3, 0.4) is 0 Å². The minimum Gasteiger partial charge on any atom is -0.494 e. The summed E-state index contributed by atoms with van der Waals surface area (Å²) in [6, 6.07) is 1.69. The summed E-state index contributed by atoms with van der Waals surface area (Å²) in [6.45, 7) is 0. The molecule has 7 nitrogen and oxygen atoms in total. The van der Waals surface area contributed by atoms with Crippen molar-refractivity contribution in [2.24, 2.45) is 0 Å². The Balaban J connectivity index is 1.91. The summed E-state index contributed by atoms with van der Waals surface area (Å²) in [5.41, 5.74) is 1.82. The number of aromatic nitrogens is 4. The SMILES string of the molecule is CNc1nc(Nc2cnc(-c3cncs3)cc2OC)ncc1C(F)(F)F. The van der Waals surface area contributed by atoms with Crippen molar-refractivity contribution in [2.75, 3.05) is 24.8 Å². The maximum absolute atomic E-state index is 12.9. The number of hydrogen-bond donors (Lipinski definition) is 2. The van der Waals surface area contributed by atoms with Gasteiger partial charge in [0.25, 0.3) is 0 Å². The van der Waals surface area contributed by atoms with Crippen LogP contribution >= 0.6 is 11.3 Å². The molecule has 0 unspecified atom stereocenters. The molecule has 3 rings (SSSR count). The standard InChI is InChI=1S/C15H13F3N6OS/c1-19-13-8(15(16,17)18)4-22-14(24-13)23-10-5-21-9(3-11(10)25-2)12-6-20-7-26-12/h3-7H,1-2H3,(H2,19,22,23,24). The van der Waals surface area contributed by atoms with Crippen molar-refractivity contribution in [2.45, 2.75) is 6.18 Å². The zero-order valence-electron chi connectivity index (χ0n) is 13.6. The lowest BCUT2D eigenvalue weighted by Gasteiger charge is -2.14. The fourth-order valence-electron chi connectivity index (χ4n) is 2.14. The Hall–Kier alpha value is -2.95. The number of alkyl halides is 3. The van der Waals surface area contributed by atoms with Gasteiger partial charge in [-0.1, -0.05) is 0 Å². The highest BCUT2D eigenvalue weighted by Crippen LogP contribution is 2.35. The average molecular weight is 382 g/mol. The molecule has 0 atom stereocenters. The van der Waals surface area contributed by atoms with Gasteiger partial charge in [0.1, 0.15) is 22.8 Å². The highest BCUT2D eigenvalue weighted by molar-refractivity contribution is 7.13. The van der Waals surface area contributed by atoms with Crippen molar-refractivity contribution in [3.63, 3.8) is 0 Å². The van der Waals surface area contributed by atoms with Gasteiger partial charge in [0.05, 0.1) is 29.4 Å². The summed E-state index contributed by atoms with van der Waals surface area (Å²) in [5, 5.41) is 5.24. The Morgan fingerprint density at radius 3 is 2.58 bits per heavy atom. The Kier molecular flexibility index (Phi) is 4.89. The molecule has 0 aromatic carbocycles. The molecule has 26 heavy (non-hydrogen) atoms. The molecule has 3 heterocycles. The average Bonchev–Trinajstić information content (AvgIpc) is 3.15. The minimum atomic E-state index is -4.55. The van der Waals surface area contributed by atoms with E-state index in [-0.39, 0.29) is 11.8 Å². The lowest BCUT2D eigenvalue weighted by Crippen LogP contribution is -2.12. The molecule has 0 aliphatic heterocycles. The first-order valence-electron chi connectivity index (χ1n) is 7.24. The van der Waals surface area contributed by atoms with E-state index in [1.807, 2.05) is 0 Å². The van der Waals surface area contributed by atoms with Crippen molar-refractivity contribution in [1.29, 1.82) is 0 Å². The van der Waals surface area contributed by atoms with Gasteiger partial charge in [0, 0.05) is 25.5 Å². The van der Waals surface area contributed by atoms with Crippen LogP contribution < -0.4 is 15.4 Å². The Morgan fingerprint density at radius 1 is 1.15 bits per heavy atom. The van der Waals surface area contributed by atoms with Crippen LogP contribution in [-0.4, -0.2) is 34.1 Å². The Bertz CT molecular complexity index is 901. The second-order valence-electron chi connectivity index (χ2n) is 4.96. The Labute approximate surface area is 150 Å². The zero-order valence-corrected chi connectivity index (χ0v) is 14.4. The molecule has 0 amide bonds. The van der Waals surface area contributed by atoms with Gasteiger partial charge >= 0.3 is 6.18 Å². The largest absolute Gasteiger partial charge is 0.494 e. The van der Waals surface area contributed by atoms with E-state index in [9.17, 15) is 13.2 Å². The van der Waals surface area contributed by atoms with Crippen molar-refractivity contribution in [3.8, 4) is 16.3 Å². The third-order valence-electron chi connectivity index (χ3n) is 3.35. The van der Waals surface area contributed by atoms with Gasteiger partial charge in [-0.2, -0.15) is 18.2 Å². The molecule has 3 aromatic rings. The number of ether oxygens (including phenoxy) is 1. The smallest absolute Gasteiger partial charge is 0.421 e. The van der Waals surface area contributed by atoms with Crippen LogP contribution in [-0.2, 0) is 6.18 Å². The van der Waals surface area contributed by atoms with Crippen LogP contribution in [0.4, 0.5) is 30.6 Å². The maximum Gasteiger partial charge on any atom is 0.421 e. The van der Waals surface area contributed by atoms with E-state index in [0.717, 1.165) is 4.88 Å². The number of anilines is 3. The topological polar surface area (TPSA) is 84.9 Å². The van der Waals surface area contributed by atoms with Crippen LogP contribution in [0.2, 0.25) is 0 Å². The van der Waals surface area contributed by atoms with Gasteiger partial charge in [0.2, 0.25) is 5.95 Å². The van der Waals surface area contributed by atoms with E-state index < -0.39 is 11.7 Å². The molecule has 0 fully saturated rings. The van der Waals surface area contributed by atoms with Crippen molar-refractivity contribution in [3.05, 3.63) is 35.7 Å². The first kappa shape index (κ1) is 17.9. The van der Waals surface area contributed by atoms with E-state index >= 15 is 0 Å². The highest BCUT2D eigenvalue weighted by atomic mass is 32.1. The molecule has 0 aliphatic rings. The summed E-state index contributed by atoms with van der Waals surface area (Å²) >= 11 is 1.42. The van der Waals surface area contributed by atoms with Crippen LogP contribution in [0.1, 0.15) is 5.56 Å². The van der Waals surface area contributed by atoms with Crippen LogP contribution in [0, 0.1) is 0 Å². The molecule has 136 valence electrons. The predicted molar refractivity (Wildman–Crippen MR) is 91.8 cm³/mol. The van der Waals surface area contributed by atoms with E-state index in [2.05, 4.69) is 30.6 Å². The molecular weight excluding hydrogens is 369 g/mol. The van der Waals surface area contributed by atoms with Gasteiger partial charge in [-0.15, -0.1) is 11.3 Å². The van der Waals surface area contributed by atoms with Gasteiger partial charge in [-0.25, -0.2) is 4.98 Å². The van der Waals surface area contributed by atoms with Crippen molar-refractivity contribution < 1.29 is 17.9 Å². The fraction of sp³-hybridized carbons (Fsp3) is 0.200. The summed E-state index contributed by atoms with van der Waals surface area (Å²) in [4.78, 5) is 16.7. The number of halogens is 3. The number of thiazole rings is 1. The minimum absolute atomic E-state index is 0.0204. The third-order valence-corrected chi connectivity index (χ3v) is 4.14. The number of hydrogen-bond acceptors (Lipinski definition) is 8. The summed E-state index contributed by atoms with van der Waals surface area (Å²) in [7, 11) is 2.83. The summed E-state index contributed by atoms with van der Waals surface area (Å²) in [5.74, 6) is 0.0918. The number of nitrogens with zero attached hydrogens (tertiary/aromatic N) is 4. The molecule has 0 spiro atoms. The van der Waals surface area contributed by atoms with Crippen LogP contribution in [0.5, 0.6) is 5.75 Å². The molecule has 11 heteroatoms. The first-order valence-corrected chi connectivity index (χ1v) is 8.12. The second-order valence-corrected chi connectivity index (χ2v) is 5.85. The number of rotatable bonds is 5. The molecule has 3 aromatic heterocycles. The number of nitrogens with one attached hydrogen (secondary N) is 2. The van der Waals surface area contributed by atoms with Crippen molar-refractivity contribution >= 4 is 28.8 Å². The van der Waals surface area contributed by atoms with Gasteiger partial charge in [-0.3, -0.25) is 9.97 Å². The van der Waals surface area contributed by atoms with E-state index in [0.29, 0.717) is 23.3 Å². The van der Waals surface area contributed by atoms with Crippen molar-refractivity contribution in [1.82, 2.24) is 19.9 Å². The molecule has 0 saturated heterocycles. The lowest BCUT2D eigenvalue weighted by atomic mass is 10.3. The van der Waals surface area contributed by atoms with Gasteiger partial charge in [-0.05, 0) is 0 Å². The second kappa shape index (κ2) is 7.12. The van der Waals surface area contributed by atoms with Gasteiger partial charge in [0.15, 0.2) is 0 Å². The van der Waals surface area contributed by atoms with Crippen LogP contribution in [0.25, 0.3) is 10.6 Å². The molecule has 2 N–H and O–H groups in total. The molecule has 0 aliphatic carbocycles. The van der Waals surface area contributed by atoms with E-state index in [4.69, 9.17) is 4.74 Å². The molecule has 0 saturated carbocycles. The monoisotopic (exact) mass is 382 g/mol. The number of pyridine rings is 1. The number of methoxy groups -OCH3 is 1. The molecular formula is C15H13F3N6OS. The fourth-order valence-corrected chi connectivity index (χ4v) is 2.73. The van der Waals surface area contributed by atoms with Gasteiger partial charge < -0.3 is 15.4 Å². The Morgan fingerprint density at radius 2 is 1.96 bits per heavy atom. The van der Waals surface area contributed by atoms with E-state index in [1.165, 1.54) is 31.7 Å². The highest BCUT2D eigenvalue weighted by Gasteiger charge is 2.35. The quantitative estimate of drug-likeness (QED) is 0.694. The first-order chi connectivity index (χ1) is 12.4. The normalized spacial score (nSPS) is 11.3. The third kappa shape index (κ3) is 3.67. The maximum atomic E-state index is 12.9. The zero-order chi connectivity index (χ0) is 18.7. The van der Waals surface area contributed by atoms with E-state index in [1.54, 1.807) is 17.8 Å². The predicted octanol–water partition coefficient (Wildman–Crippen LogP) is 3.81. The summed E-state index contributed by atoms with van der Waals surface area (Å²) < 4.78 is 44.1. The molecule has 0 bridgehead atoms. The summed E-state index contributed by atoms with van der Waals surface area (Å²) in [6.07, 6.45) is -0.662. The molecule has 0 radical (unpaired) electrons.